The number of halogens is 1. The lowest BCUT2D eigenvalue weighted by molar-refractivity contribution is 0.102. The summed E-state index contributed by atoms with van der Waals surface area (Å²) in [5.41, 5.74) is 7.31. The molecule has 0 fully saturated rings. The molecule has 21 heavy (non-hydrogen) atoms. The average molecular weight is 368 g/mol. The number of carbonyl (C=O) groups is 1. The van der Waals surface area contributed by atoms with Crippen molar-refractivity contribution in [2.24, 2.45) is 5.73 Å². The minimum atomic E-state index is -0.330. The van der Waals surface area contributed by atoms with Gasteiger partial charge in [0.15, 0.2) is 0 Å². The fourth-order valence-electron chi connectivity index (χ4n) is 1.85. The predicted molar refractivity (Wildman–Crippen MR) is 84.6 cm³/mol. The first kappa shape index (κ1) is 14.0. The summed E-state index contributed by atoms with van der Waals surface area (Å²) in [5.74, 6) is -0.330. The normalized spacial score (nSPS) is 11.0. The monoisotopic (exact) mass is 367 g/mol. The molecule has 0 aliphatic carbocycles. The summed E-state index contributed by atoms with van der Waals surface area (Å²) in [6, 6.07) is 3.39. The number of imidazole rings is 1. The number of fused-ring (bicyclic) bond motifs is 1. The van der Waals surface area contributed by atoms with Gasteiger partial charge in [0.1, 0.15) is 10.7 Å². The van der Waals surface area contributed by atoms with Crippen LogP contribution in [0, 0.1) is 0 Å². The van der Waals surface area contributed by atoms with Gasteiger partial charge in [0.05, 0.1) is 16.7 Å². The minimum absolute atomic E-state index is 0.299. The summed E-state index contributed by atoms with van der Waals surface area (Å²) >= 11 is 4.70. The molecule has 0 aliphatic heterocycles. The number of H-pyrrole nitrogens is 2. The van der Waals surface area contributed by atoms with Crippen molar-refractivity contribution >= 4 is 49.9 Å². The van der Waals surface area contributed by atoms with Crippen molar-refractivity contribution < 1.29 is 4.79 Å². The molecule has 108 valence electrons. The molecule has 0 saturated heterocycles. The lowest BCUT2D eigenvalue weighted by atomic mass is 10.2. The van der Waals surface area contributed by atoms with Crippen LogP contribution in [0.15, 0.2) is 26.8 Å². The van der Waals surface area contributed by atoms with Crippen molar-refractivity contribution in [3.05, 3.63) is 43.2 Å². The van der Waals surface area contributed by atoms with E-state index >= 15 is 0 Å². The molecule has 9 heteroatoms. The quantitative estimate of drug-likeness (QED) is 0.564. The van der Waals surface area contributed by atoms with E-state index in [4.69, 9.17) is 5.73 Å². The second-order valence-corrected chi connectivity index (χ2v) is 6.04. The van der Waals surface area contributed by atoms with Gasteiger partial charge in [-0.15, -0.1) is 11.3 Å². The maximum absolute atomic E-state index is 12.1. The maximum atomic E-state index is 12.1. The summed E-state index contributed by atoms with van der Waals surface area (Å²) in [4.78, 5) is 32.8. The molecular formula is C12H10BrN5O2S. The van der Waals surface area contributed by atoms with Gasteiger partial charge >= 0.3 is 5.69 Å². The molecule has 7 nitrogen and oxygen atoms in total. The molecule has 2 aromatic heterocycles. The first-order valence-electron chi connectivity index (χ1n) is 5.94. The summed E-state index contributed by atoms with van der Waals surface area (Å²) < 4.78 is 0.660. The fraction of sp³-hybridized carbons (Fsp3) is 0.0833. The van der Waals surface area contributed by atoms with E-state index in [0.717, 1.165) is 0 Å². The second kappa shape index (κ2) is 5.43. The number of benzene rings is 1. The van der Waals surface area contributed by atoms with Crippen molar-refractivity contribution in [1.29, 1.82) is 0 Å². The van der Waals surface area contributed by atoms with E-state index in [1.807, 2.05) is 0 Å². The summed E-state index contributed by atoms with van der Waals surface area (Å²) in [6.07, 6.45) is 0. The highest BCUT2D eigenvalue weighted by molar-refractivity contribution is 9.10. The number of hydrogen-bond acceptors (Lipinski definition) is 5. The molecular weight excluding hydrogens is 358 g/mol. The van der Waals surface area contributed by atoms with Crippen LogP contribution >= 0.6 is 27.3 Å². The van der Waals surface area contributed by atoms with Gasteiger partial charge < -0.3 is 21.0 Å². The van der Waals surface area contributed by atoms with Crippen molar-refractivity contribution in [1.82, 2.24) is 15.0 Å². The Hall–Kier alpha value is -1.97. The Morgan fingerprint density at radius 2 is 2.10 bits per heavy atom. The number of amides is 1. The van der Waals surface area contributed by atoms with Crippen LogP contribution in [-0.2, 0) is 6.54 Å². The number of aromatic nitrogens is 3. The lowest BCUT2D eigenvalue weighted by Gasteiger charge is -2.06. The van der Waals surface area contributed by atoms with Crippen molar-refractivity contribution in [3.63, 3.8) is 0 Å². The molecule has 1 amide bonds. The number of rotatable bonds is 3. The molecule has 5 N–H and O–H groups in total. The SMILES string of the molecule is NCc1nc(C(=O)Nc2cc3[nH]c(=O)[nH]c3cc2Br)cs1. The largest absolute Gasteiger partial charge is 0.325 e. The van der Waals surface area contributed by atoms with Gasteiger partial charge in [-0.1, -0.05) is 0 Å². The Morgan fingerprint density at radius 3 is 2.76 bits per heavy atom. The number of anilines is 1. The Labute approximate surface area is 130 Å². The third-order valence-corrected chi connectivity index (χ3v) is 4.34. The van der Waals surface area contributed by atoms with Gasteiger partial charge in [0.2, 0.25) is 0 Å². The summed E-state index contributed by atoms with van der Waals surface area (Å²) in [5, 5.41) is 5.10. The highest BCUT2D eigenvalue weighted by atomic mass is 79.9. The van der Waals surface area contributed by atoms with Crippen LogP contribution in [0.3, 0.4) is 0 Å². The molecule has 3 rings (SSSR count). The van der Waals surface area contributed by atoms with E-state index in [2.05, 4.69) is 36.2 Å². The van der Waals surface area contributed by atoms with Gasteiger partial charge in [-0.25, -0.2) is 9.78 Å². The zero-order chi connectivity index (χ0) is 15.0. The number of carbonyl (C=O) groups excluding carboxylic acids is 1. The highest BCUT2D eigenvalue weighted by Crippen LogP contribution is 2.27. The number of aromatic amines is 2. The van der Waals surface area contributed by atoms with Crippen LogP contribution in [-0.4, -0.2) is 20.9 Å². The number of nitrogens with zero attached hydrogens (tertiary/aromatic N) is 1. The van der Waals surface area contributed by atoms with Gasteiger partial charge in [-0.3, -0.25) is 4.79 Å². The number of nitrogens with one attached hydrogen (secondary N) is 3. The fourth-order valence-corrected chi connectivity index (χ4v) is 2.94. The zero-order valence-corrected chi connectivity index (χ0v) is 13.0. The van der Waals surface area contributed by atoms with Crippen LogP contribution in [0.25, 0.3) is 11.0 Å². The number of thiazole rings is 1. The first-order chi connectivity index (χ1) is 10.1. The molecule has 2 heterocycles. The molecule has 1 aromatic carbocycles. The standard InChI is InChI=1S/C12H10BrN5O2S/c13-5-1-7-8(18-12(20)17-7)2-6(5)16-11(19)9-4-21-10(3-14)15-9/h1-2,4H,3,14H2,(H,16,19)(H2,17,18,20). The summed E-state index contributed by atoms with van der Waals surface area (Å²) in [6.45, 7) is 0.304. The van der Waals surface area contributed by atoms with Gasteiger partial charge in [-0.05, 0) is 28.1 Å². The molecule has 0 radical (unpaired) electrons. The van der Waals surface area contributed by atoms with Crippen LogP contribution in [0.4, 0.5) is 5.69 Å². The highest BCUT2D eigenvalue weighted by Gasteiger charge is 2.13. The number of nitrogens with two attached hydrogens (primary N) is 1. The third-order valence-electron chi connectivity index (χ3n) is 2.81. The smallest absolute Gasteiger partial charge is 0.323 e. The predicted octanol–water partition coefficient (Wildman–Crippen LogP) is 1.79. The average Bonchev–Trinajstić information content (AvgIpc) is 3.04. The first-order valence-corrected chi connectivity index (χ1v) is 7.61. The van der Waals surface area contributed by atoms with Crippen molar-refractivity contribution in [2.75, 3.05) is 5.32 Å². The van der Waals surface area contributed by atoms with E-state index in [9.17, 15) is 9.59 Å². The minimum Gasteiger partial charge on any atom is -0.325 e. The molecule has 0 atom stereocenters. The molecule has 0 saturated carbocycles. The third kappa shape index (κ3) is 2.75. The molecule has 3 aromatic rings. The van der Waals surface area contributed by atoms with E-state index in [0.29, 0.717) is 38.4 Å². The molecule has 0 aliphatic rings. The van der Waals surface area contributed by atoms with Gasteiger partial charge in [-0.2, -0.15) is 0 Å². The van der Waals surface area contributed by atoms with Gasteiger partial charge in [0.25, 0.3) is 5.91 Å². The van der Waals surface area contributed by atoms with Crippen LogP contribution < -0.4 is 16.7 Å². The van der Waals surface area contributed by atoms with Crippen molar-refractivity contribution in [3.8, 4) is 0 Å². The van der Waals surface area contributed by atoms with Crippen LogP contribution in [0.5, 0.6) is 0 Å². The topological polar surface area (TPSA) is 117 Å². The lowest BCUT2D eigenvalue weighted by Crippen LogP contribution is -2.13. The molecule has 0 spiro atoms. The van der Waals surface area contributed by atoms with Crippen LogP contribution in [0.2, 0.25) is 0 Å². The Morgan fingerprint density at radius 1 is 1.38 bits per heavy atom. The number of hydrogen-bond donors (Lipinski definition) is 4. The molecule has 0 unspecified atom stereocenters. The Bertz CT molecular complexity index is 881. The Kier molecular flexibility index (Phi) is 3.62. The van der Waals surface area contributed by atoms with E-state index in [1.165, 1.54) is 11.3 Å². The molecule has 0 bridgehead atoms. The van der Waals surface area contributed by atoms with Crippen molar-refractivity contribution in [2.45, 2.75) is 6.54 Å². The maximum Gasteiger partial charge on any atom is 0.323 e. The summed E-state index contributed by atoms with van der Waals surface area (Å²) in [7, 11) is 0. The van der Waals surface area contributed by atoms with Gasteiger partial charge in [0, 0.05) is 16.4 Å². The van der Waals surface area contributed by atoms with E-state index < -0.39 is 0 Å². The second-order valence-electron chi connectivity index (χ2n) is 4.24. The Balaban J connectivity index is 1.91. The van der Waals surface area contributed by atoms with E-state index in [-0.39, 0.29) is 11.6 Å². The van der Waals surface area contributed by atoms with Crippen LogP contribution in [0.1, 0.15) is 15.5 Å². The zero-order valence-electron chi connectivity index (χ0n) is 10.6. The van der Waals surface area contributed by atoms with E-state index in [1.54, 1.807) is 17.5 Å².